The normalized spacial score (nSPS) is 12.3. The lowest BCUT2D eigenvalue weighted by Crippen LogP contribution is -2.27. The third-order valence-corrected chi connectivity index (χ3v) is 5.54. The van der Waals surface area contributed by atoms with E-state index in [0.29, 0.717) is 5.69 Å². The Hall–Kier alpha value is -3.41. The molecule has 0 spiro atoms. The molecule has 0 bridgehead atoms. The maximum absolute atomic E-state index is 12.7. The highest BCUT2D eigenvalue weighted by Gasteiger charge is 2.21. The SMILES string of the molecule is CCc1[nH]nc(C(=O)N[C@H](C)c2cnn(-c3cccc4ccccc34)c2C)c1C. The lowest BCUT2D eigenvalue weighted by Gasteiger charge is -2.14. The number of aromatic nitrogens is 4. The van der Waals surface area contributed by atoms with Gasteiger partial charge in [-0.3, -0.25) is 9.89 Å². The Kier molecular flexibility index (Phi) is 4.92. The first-order valence-electron chi connectivity index (χ1n) is 9.88. The number of carbonyl (C=O) groups excluding carboxylic acids is 1. The van der Waals surface area contributed by atoms with E-state index in [1.807, 2.05) is 56.8 Å². The van der Waals surface area contributed by atoms with Gasteiger partial charge in [0.05, 0.1) is 17.9 Å². The smallest absolute Gasteiger partial charge is 0.272 e. The Labute approximate surface area is 169 Å². The van der Waals surface area contributed by atoms with E-state index in [9.17, 15) is 4.79 Å². The molecule has 0 aliphatic heterocycles. The summed E-state index contributed by atoms with van der Waals surface area (Å²) in [6.07, 6.45) is 2.65. The molecule has 2 aromatic heterocycles. The van der Waals surface area contributed by atoms with Crippen LogP contribution in [-0.4, -0.2) is 25.9 Å². The van der Waals surface area contributed by atoms with Crippen LogP contribution in [0.2, 0.25) is 0 Å². The molecule has 0 radical (unpaired) electrons. The molecule has 6 nitrogen and oxygen atoms in total. The number of amides is 1. The Morgan fingerprint density at radius 1 is 1.17 bits per heavy atom. The van der Waals surface area contributed by atoms with Crippen molar-refractivity contribution in [3.05, 3.63) is 76.9 Å². The van der Waals surface area contributed by atoms with Gasteiger partial charge in [0.15, 0.2) is 5.69 Å². The van der Waals surface area contributed by atoms with Gasteiger partial charge in [0.2, 0.25) is 0 Å². The van der Waals surface area contributed by atoms with Gasteiger partial charge in [0.1, 0.15) is 0 Å². The number of aromatic amines is 1. The minimum Gasteiger partial charge on any atom is -0.344 e. The molecular weight excluding hydrogens is 362 g/mol. The maximum Gasteiger partial charge on any atom is 0.272 e. The number of rotatable bonds is 5. The molecule has 29 heavy (non-hydrogen) atoms. The molecule has 2 heterocycles. The molecule has 0 unspecified atom stereocenters. The molecule has 1 atom stereocenters. The summed E-state index contributed by atoms with van der Waals surface area (Å²) in [5.74, 6) is -0.178. The first-order chi connectivity index (χ1) is 14.0. The van der Waals surface area contributed by atoms with E-state index in [1.54, 1.807) is 0 Å². The average Bonchev–Trinajstić information content (AvgIpc) is 3.29. The van der Waals surface area contributed by atoms with Crippen LogP contribution in [0.15, 0.2) is 48.7 Å². The van der Waals surface area contributed by atoms with E-state index >= 15 is 0 Å². The summed E-state index contributed by atoms with van der Waals surface area (Å²) in [5.41, 5.74) is 5.36. The number of H-pyrrole nitrogens is 1. The Bertz CT molecular complexity index is 1180. The quantitative estimate of drug-likeness (QED) is 0.532. The number of aryl methyl sites for hydroxylation is 1. The summed E-state index contributed by atoms with van der Waals surface area (Å²) in [6.45, 7) is 7.96. The molecule has 1 amide bonds. The molecule has 4 aromatic rings. The van der Waals surface area contributed by atoms with Crippen LogP contribution < -0.4 is 5.32 Å². The molecule has 2 aromatic carbocycles. The number of nitrogens with one attached hydrogen (secondary N) is 2. The second-order valence-electron chi connectivity index (χ2n) is 7.32. The van der Waals surface area contributed by atoms with Crippen LogP contribution in [0, 0.1) is 13.8 Å². The fourth-order valence-electron chi connectivity index (χ4n) is 3.83. The van der Waals surface area contributed by atoms with Gasteiger partial charge in [-0.05, 0) is 38.6 Å². The fraction of sp³-hybridized carbons (Fsp3) is 0.261. The second kappa shape index (κ2) is 7.54. The Morgan fingerprint density at radius 3 is 2.69 bits per heavy atom. The van der Waals surface area contributed by atoms with E-state index in [2.05, 4.69) is 44.9 Å². The zero-order chi connectivity index (χ0) is 20.5. The van der Waals surface area contributed by atoms with Crippen molar-refractivity contribution in [2.45, 2.75) is 40.2 Å². The van der Waals surface area contributed by atoms with Crippen LogP contribution in [-0.2, 0) is 6.42 Å². The van der Waals surface area contributed by atoms with E-state index < -0.39 is 0 Å². The van der Waals surface area contributed by atoms with E-state index in [0.717, 1.165) is 40.0 Å². The fourth-order valence-corrected chi connectivity index (χ4v) is 3.83. The topological polar surface area (TPSA) is 75.6 Å². The van der Waals surface area contributed by atoms with E-state index in [1.165, 1.54) is 5.39 Å². The summed E-state index contributed by atoms with van der Waals surface area (Å²) in [7, 11) is 0. The van der Waals surface area contributed by atoms with Crippen LogP contribution in [0.25, 0.3) is 16.5 Å². The monoisotopic (exact) mass is 387 g/mol. The minimum atomic E-state index is -0.188. The summed E-state index contributed by atoms with van der Waals surface area (Å²) in [5, 5.41) is 17.1. The molecule has 0 saturated carbocycles. The van der Waals surface area contributed by atoms with Gasteiger partial charge in [-0.1, -0.05) is 43.3 Å². The third kappa shape index (κ3) is 3.31. The van der Waals surface area contributed by atoms with Gasteiger partial charge < -0.3 is 5.32 Å². The van der Waals surface area contributed by atoms with Crippen molar-refractivity contribution < 1.29 is 4.79 Å². The van der Waals surface area contributed by atoms with E-state index in [-0.39, 0.29) is 11.9 Å². The molecule has 6 heteroatoms. The van der Waals surface area contributed by atoms with Crippen LogP contribution in [0.1, 0.15) is 52.9 Å². The number of fused-ring (bicyclic) bond motifs is 1. The van der Waals surface area contributed by atoms with Gasteiger partial charge in [-0.15, -0.1) is 0 Å². The van der Waals surface area contributed by atoms with Gasteiger partial charge in [-0.25, -0.2) is 4.68 Å². The summed E-state index contributed by atoms with van der Waals surface area (Å²) in [4.78, 5) is 12.7. The van der Waals surface area contributed by atoms with Crippen LogP contribution in [0.4, 0.5) is 0 Å². The number of nitrogens with zero attached hydrogens (tertiary/aromatic N) is 3. The van der Waals surface area contributed by atoms with E-state index in [4.69, 9.17) is 0 Å². The van der Waals surface area contributed by atoms with Gasteiger partial charge in [-0.2, -0.15) is 10.2 Å². The van der Waals surface area contributed by atoms with Crippen molar-refractivity contribution in [2.24, 2.45) is 0 Å². The zero-order valence-corrected chi connectivity index (χ0v) is 17.2. The van der Waals surface area contributed by atoms with Crippen LogP contribution in [0.5, 0.6) is 0 Å². The van der Waals surface area contributed by atoms with Crippen molar-refractivity contribution in [3.63, 3.8) is 0 Å². The average molecular weight is 387 g/mol. The third-order valence-electron chi connectivity index (χ3n) is 5.54. The number of benzene rings is 2. The standard InChI is InChI=1S/C23H25N5O/c1-5-20-14(2)22(27-26-20)23(29)25-15(3)19-13-24-28(16(19)4)21-12-8-10-17-9-6-7-11-18(17)21/h6-13,15H,5H2,1-4H3,(H,25,29)(H,26,27)/t15-/m1/s1. The maximum atomic E-state index is 12.7. The Morgan fingerprint density at radius 2 is 1.93 bits per heavy atom. The molecule has 0 fully saturated rings. The van der Waals surface area contributed by atoms with Crippen molar-refractivity contribution in [3.8, 4) is 5.69 Å². The second-order valence-corrected chi connectivity index (χ2v) is 7.32. The van der Waals surface area contributed by atoms with Gasteiger partial charge >= 0.3 is 0 Å². The molecule has 0 aliphatic carbocycles. The first kappa shape index (κ1) is 18.9. The lowest BCUT2D eigenvalue weighted by atomic mass is 10.1. The molecule has 0 aliphatic rings. The number of hydrogen-bond acceptors (Lipinski definition) is 3. The van der Waals surface area contributed by atoms with Crippen molar-refractivity contribution in [2.75, 3.05) is 0 Å². The predicted octanol–water partition coefficient (Wildman–Crippen LogP) is 4.42. The minimum absolute atomic E-state index is 0.178. The molecular formula is C23H25N5O. The van der Waals surface area contributed by atoms with Gasteiger partial charge in [0.25, 0.3) is 5.91 Å². The van der Waals surface area contributed by atoms with Crippen LogP contribution >= 0.6 is 0 Å². The molecule has 4 rings (SSSR count). The lowest BCUT2D eigenvalue weighted by molar-refractivity contribution is 0.0934. The van der Waals surface area contributed by atoms with Gasteiger partial charge in [0, 0.05) is 27.9 Å². The molecule has 0 saturated heterocycles. The largest absolute Gasteiger partial charge is 0.344 e. The highest BCUT2D eigenvalue weighted by Crippen LogP contribution is 2.26. The Balaban J connectivity index is 1.62. The number of carbonyl (C=O) groups is 1. The summed E-state index contributed by atoms with van der Waals surface area (Å²) >= 11 is 0. The van der Waals surface area contributed by atoms with Crippen molar-refractivity contribution in [1.29, 1.82) is 0 Å². The highest BCUT2D eigenvalue weighted by atomic mass is 16.2. The highest BCUT2D eigenvalue weighted by molar-refractivity contribution is 5.94. The zero-order valence-electron chi connectivity index (χ0n) is 17.2. The van der Waals surface area contributed by atoms with Crippen LogP contribution in [0.3, 0.4) is 0 Å². The summed E-state index contributed by atoms with van der Waals surface area (Å²) in [6, 6.07) is 14.3. The first-order valence-corrected chi connectivity index (χ1v) is 9.88. The predicted molar refractivity (Wildman–Crippen MR) is 114 cm³/mol. The molecule has 148 valence electrons. The van der Waals surface area contributed by atoms with Crippen molar-refractivity contribution >= 4 is 16.7 Å². The summed E-state index contributed by atoms with van der Waals surface area (Å²) < 4.78 is 1.94. The number of hydrogen-bond donors (Lipinski definition) is 2. The van der Waals surface area contributed by atoms with Crippen molar-refractivity contribution in [1.82, 2.24) is 25.3 Å². The molecule has 2 N–H and O–H groups in total.